The minimum Gasteiger partial charge on any atom is -0.493 e. The Morgan fingerprint density at radius 2 is 1.71 bits per heavy atom. The molecule has 1 aliphatic rings. The SMILES string of the molecule is COC(=O)[C@H](N)Cc1ccc(Oc2ccc(CC3C(=O)Nc4ccccc43)cc2OC)cc1.Cl. The van der Waals surface area contributed by atoms with Gasteiger partial charge in [0.25, 0.3) is 0 Å². The first-order chi connectivity index (χ1) is 16.0. The summed E-state index contributed by atoms with van der Waals surface area (Å²) in [6.45, 7) is 0. The van der Waals surface area contributed by atoms with E-state index >= 15 is 0 Å². The second kappa shape index (κ2) is 11.0. The summed E-state index contributed by atoms with van der Waals surface area (Å²) >= 11 is 0. The molecule has 3 aromatic rings. The van der Waals surface area contributed by atoms with Gasteiger partial charge in [-0.1, -0.05) is 36.4 Å². The molecular formula is C26H27ClN2O5. The van der Waals surface area contributed by atoms with Crippen molar-refractivity contribution in [2.24, 2.45) is 5.73 Å². The molecule has 2 atom stereocenters. The van der Waals surface area contributed by atoms with Crippen molar-refractivity contribution in [2.75, 3.05) is 19.5 Å². The van der Waals surface area contributed by atoms with Crippen LogP contribution in [-0.2, 0) is 27.2 Å². The van der Waals surface area contributed by atoms with E-state index in [1.807, 2.05) is 66.7 Å². The van der Waals surface area contributed by atoms with Crippen molar-refractivity contribution >= 4 is 30.0 Å². The molecule has 3 aromatic carbocycles. The lowest BCUT2D eigenvalue weighted by molar-refractivity contribution is -0.142. The third-order valence-electron chi connectivity index (χ3n) is 5.69. The molecule has 0 aromatic heterocycles. The lowest BCUT2D eigenvalue weighted by atomic mass is 9.93. The number of hydrogen-bond donors (Lipinski definition) is 2. The molecule has 7 nitrogen and oxygen atoms in total. The Hall–Kier alpha value is -3.55. The molecule has 1 heterocycles. The van der Waals surface area contributed by atoms with Gasteiger partial charge < -0.3 is 25.3 Å². The standard InChI is InChI=1S/C26H26N2O5.ClH/c1-31-24-15-17(13-20-19-5-3-4-6-22(19)28-25(20)29)9-12-23(24)33-18-10-7-16(8-11-18)14-21(27)26(30)32-2;/h3-12,15,20-21H,13-14,27H2,1-2H3,(H,28,29);1H/t20?,21-;/m1./s1. The van der Waals surface area contributed by atoms with Crippen molar-refractivity contribution in [2.45, 2.75) is 24.8 Å². The van der Waals surface area contributed by atoms with Gasteiger partial charge in [-0.2, -0.15) is 0 Å². The number of amides is 1. The van der Waals surface area contributed by atoms with E-state index in [-0.39, 0.29) is 24.2 Å². The Morgan fingerprint density at radius 1 is 1.00 bits per heavy atom. The lowest BCUT2D eigenvalue weighted by Gasteiger charge is -2.14. The van der Waals surface area contributed by atoms with E-state index in [0.29, 0.717) is 30.1 Å². The molecule has 0 bridgehead atoms. The van der Waals surface area contributed by atoms with Gasteiger partial charge in [-0.3, -0.25) is 9.59 Å². The van der Waals surface area contributed by atoms with Crippen LogP contribution >= 0.6 is 12.4 Å². The summed E-state index contributed by atoms with van der Waals surface area (Å²) in [5, 5.41) is 2.94. The fourth-order valence-electron chi connectivity index (χ4n) is 3.95. The highest BCUT2D eigenvalue weighted by molar-refractivity contribution is 6.03. The van der Waals surface area contributed by atoms with E-state index in [2.05, 4.69) is 10.1 Å². The average Bonchev–Trinajstić information content (AvgIpc) is 3.15. The minimum atomic E-state index is -0.705. The first-order valence-corrected chi connectivity index (χ1v) is 10.7. The predicted octanol–water partition coefficient (Wildman–Crippen LogP) is 4.23. The average molecular weight is 483 g/mol. The van der Waals surface area contributed by atoms with Crippen LogP contribution in [0.25, 0.3) is 0 Å². The summed E-state index contributed by atoms with van der Waals surface area (Å²) in [5.74, 6) is 1.09. The molecule has 34 heavy (non-hydrogen) atoms. The predicted molar refractivity (Wildman–Crippen MR) is 132 cm³/mol. The molecule has 0 saturated carbocycles. The quantitative estimate of drug-likeness (QED) is 0.466. The number of benzene rings is 3. The molecule has 178 valence electrons. The molecule has 1 amide bonds. The maximum absolute atomic E-state index is 12.4. The number of carbonyl (C=O) groups is 2. The number of carbonyl (C=O) groups excluding carboxylic acids is 2. The number of nitrogens with one attached hydrogen (secondary N) is 1. The van der Waals surface area contributed by atoms with Gasteiger partial charge in [-0.05, 0) is 59.9 Å². The Labute approximate surface area is 204 Å². The summed E-state index contributed by atoms with van der Waals surface area (Å²) < 4.78 is 16.2. The van der Waals surface area contributed by atoms with Crippen LogP contribution in [0.15, 0.2) is 66.7 Å². The zero-order chi connectivity index (χ0) is 23.4. The number of halogens is 1. The minimum absolute atomic E-state index is 0. The van der Waals surface area contributed by atoms with Crippen molar-refractivity contribution in [3.63, 3.8) is 0 Å². The number of fused-ring (bicyclic) bond motifs is 1. The van der Waals surface area contributed by atoms with E-state index in [9.17, 15) is 9.59 Å². The van der Waals surface area contributed by atoms with Crippen LogP contribution in [-0.4, -0.2) is 32.1 Å². The fourth-order valence-corrected chi connectivity index (χ4v) is 3.95. The number of para-hydroxylation sites is 1. The van der Waals surface area contributed by atoms with Crippen molar-refractivity contribution < 1.29 is 23.8 Å². The van der Waals surface area contributed by atoms with Crippen LogP contribution in [0.4, 0.5) is 5.69 Å². The zero-order valence-electron chi connectivity index (χ0n) is 18.9. The summed E-state index contributed by atoms with van der Waals surface area (Å²) in [6, 6.07) is 20.1. The van der Waals surface area contributed by atoms with Gasteiger partial charge in [-0.25, -0.2) is 0 Å². The molecule has 1 unspecified atom stereocenters. The Bertz CT molecular complexity index is 1170. The number of nitrogens with two attached hydrogens (primary N) is 1. The number of esters is 1. The summed E-state index contributed by atoms with van der Waals surface area (Å²) in [7, 11) is 2.90. The maximum Gasteiger partial charge on any atom is 0.322 e. The van der Waals surface area contributed by atoms with Crippen molar-refractivity contribution in [3.8, 4) is 17.2 Å². The molecular weight excluding hydrogens is 456 g/mol. The molecule has 4 rings (SSSR count). The second-order valence-electron chi connectivity index (χ2n) is 7.90. The highest BCUT2D eigenvalue weighted by Gasteiger charge is 2.30. The molecule has 0 fully saturated rings. The molecule has 0 radical (unpaired) electrons. The molecule has 0 saturated heterocycles. The second-order valence-corrected chi connectivity index (χ2v) is 7.90. The van der Waals surface area contributed by atoms with E-state index < -0.39 is 12.0 Å². The summed E-state index contributed by atoms with van der Waals surface area (Å²) in [6.07, 6.45) is 0.942. The zero-order valence-corrected chi connectivity index (χ0v) is 19.8. The molecule has 0 aliphatic carbocycles. The monoisotopic (exact) mass is 482 g/mol. The van der Waals surface area contributed by atoms with Crippen molar-refractivity contribution in [3.05, 3.63) is 83.4 Å². The van der Waals surface area contributed by atoms with E-state index in [1.165, 1.54) is 7.11 Å². The van der Waals surface area contributed by atoms with E-state index in [1.54, 1.807) is 7.11 Å². The van der Waals surface area contributed by atoms with Crippen LogP contribution in [0.1, 0.15) is 22.6 Å². The first-order valence-electron chi connectivity index (χ1n) is 10.7. The van der Waals surface area contributed by atoms with Crippen LogP contribution in [0, 0.1) is 0 Å². The maximum atomic E-state index is 12.4. The Balaban J connectivity index is 0.00000324. The normalized spacial score (nSPS) is 14.9. The van der Waals surface area contributed by atoms with Crippen molar-refractivity contribution in [1.29, 1.82) is 0 Å². The van der Waals surface area contributed by atoms with Gasteiger partial charge in [0.05, 0.1) is 20.1 Å². The van der Waals surface area contributed by atoms with E-state index in [4.69, 9.17) is 15.2 Å². The fraction of sp³-hybridized carbons (Fsp3) is 0.231. The van der Waals surface area contributed by atoms with Gasteiger partial charge in [0, 0.05) is 5.69 Å². The van der Waals surface area contributed by atoms with Crippen LogP contribution in [0.3, 0.4) is 0 Å². The Kier molecular flexibility index (Phi) is 8.15. The first kappa shape index (κ1) is 25.1. The Morgan fingerprint density at radius 3 is 2.41 bits per heavy atom. The van der Waals surface area contributed by atoms with Gasteiger partial charge in [0.15, 0.2) is 11.5 Å². The largest absolute Gasteiger partial charge is 0.493 e. The highest BCUT2D eigenvalue weighted by atomic mass is 35.5. The highest BCUT2D eigenvalue weighted by Crippen LogP contribution is 2.37. The summed E-state index contributed by atoms with van der Waals surface area (Å²) in [5.41, 5.74) is 9.57. The number of rotatable bonds is 8. The van der Waals surface area contributed by atoms with E-state index in [0.717, 1.165) is 22.4 Å². The van der Waals surface area contributed by atoms with Gasteiger partial charge in [0.1, 0.15) is 11.8 Å². The van der Waals surface area contributed by atoms with Crippen molar-refractivity contribution in [1.82, 2.24) is 0 Å². The van der Waals surface area contributed by atoms with Crippen LogP contribution in [0.2, 0.25) is 0 Å². The number of anilines is 1. The third kappa shape index (κ3) is 5.50. The molecule has 3 N–H and O–H groups in total. The summed E-state index contributed by atoms with van der Waals surface area (Å²) in [4.78, 5) is 23.9. The molecule has 1 aliphatic heterocycles. The number of methoxy groups -OCH3 is 2. The lowest BCUT2D eigenvalue weighted by Crippen LogP contribution is -2.33. The van der Waals surface area contributed by atoms with Gasteiger partial charge >= 0.3 is 5.97 Å². The van der Waals surface area contributed by atoms with Crippen LogP contribution in [0.5, 0.6) is 17.2 Å². The van der Waals surface area contributed by atoms with Crippen LogP contribution < -0.4 is 20.5 Å². The molecule has 0 spiro atoms. The third-order valence-corrected chi connectivity index (χ3v) is 5.69. The molecule has 8 heteroatoms. The smallest absolute Gasteiger partial charge is 0.322 e. The number of ether oxygens (including phenoxy) is 3. The number of hydrogen-bond acceptors (Lipinski definition) is 6. The van der Waals surface area contributed by atoms with Gasteiger partial charge in [0.2, 0.25) is 5.91 Å². The van der Waals surface area contributed by atoms with Gasteiger partial charge in [-0.15, -0.1) is 12.4 Å². The topological polar surface area (TPSA) is 99.9 Å².